The highest BCUT2D eigenvalue weighted by atomic mass is 35.5. The number of nitrogens with one attached hydrogen (secondary N) is 1. The number of unbranched alkanes of at least 4 members (excludes halogenated alkanes) is 1. The van der Waals surface area contributed by atoms with E-state index >= 15 is 0 Å². The Morgan fingerprint density at radius 2 is 2.10 bits per heavy atom. The van der Waals surface area contributed by atoms with Crippen molar-refractivity contribution in [1.82, 2.24) is 9.78 Å². The molecule has 114 valence electrons. The summed E-state index contributed by atoms with van der Waals surface area (Å²) in [5.74, 6) is 0.567. The van der Waals surface area contributed by atoms with Crippen molar-refractivity contribution < 1.29 is 8.42 Å². The number of hydrogen-bond acceptors (Lipinski definition) is 3. The molecule has 1 aromatic heterocycles. The molecule has 0 fully saturated rings. The summed E-state index contributed by atoms with van der Waals surface area (Å²) in [6, 6.07) is 9.18. The van der Waals surface area contributed by atoms with Crippen molar-refractivity contribution in [2.45, 2.75) is 19.4 Å². The highest BCUT2D eigenvalue weighted by molar-refractivity contribution is 7.92. The first-order chi connectivity index (χ1) is 10.1. The van der Waals surface area contributed by atoms with E-state index in [9.17, 15) is 8.42 Å². The lowest BCUT2D eigenvalue weighted by Crippen LogP contribution is -2.17. The summed E-state index contributed by atoms with van der Waals surface area (Å²) in [5.41, 5.74) is 1.56. The zero-order valence-corrected chi connectivity index (χ0v) is 13.1. The lowest BCUT2D eigenvalue weighted by molar-refractivity contribution is 0.598. The van der Waals surface area contributed by atoms with Gasteiger partial charge in [0.1, 0.15) is 0 Å². The van der Waals surface area contributed by atoms with Gasteiger partial charge in [0.15, 0.2) is 0 Å². The number of hydrogen-bond donors (Lipinski definition) is 1. The number of aromatic nitrogens is 2. The molecule has 0 saturated carbocycles. The van der Waals surface area contributed by atoms with Gasteiger partial charge in [0.2, 0.25) is 10.0 Å². The number of nitrogens with zero attached hydrogens (tertiary/aromatic N) is 2. The van der Waals surface area contributed by atoms with E-state index in [0.29, 0.717) is 31.0 Å². The van der Waals surface area contributed by atoms with E-state index in [1.54, 1.807) is 16.9 Å². The van der Waals surface area contributed by atoms with Gasteiger partial charge in [0, 0.05) is 24.0 Å². The van der Waals surface area contributed by atoms with Crippen molar-refractivity contribution in [3.8, 4) is 0 Å². The number of sulfonamides is 1. The van der Waals surface area contributed by atoms with Crippen LogP contribution in [0.25, 0.3) is 0 Å². The molecule has 7 heteroatoms. The molecule has 2 aromatic rings. The van der Waals surface area contributed by atoms with Gasteiger partial charge in [-0.2, -0.15) is 5.10 Å². The third-order valence-corrected chi connectivity index (χ3v) is 4.54. The smallest absolute Gasteiger partial charge is 0.232 e. The molecule has 1 aromatic carbocycles. The fourth-order valence-electron chi connectivity index (χ4n) is 1.93. The van der Waals surface area contributed by atoms with E-state index in [1.165, 1.54) is 0 Å². The summed E-state index contributed by atoms with van der Waals surface area (Å²) in [5, 5.41) is 4.13. The predicted molar refractivity (Wildman–Crippen MR) is 85.1 cm³/mol. The highest BCUT2D eigenvalue weighted by Crippen LogP contribution is 2.14. The molecule has 0 aliphatic rings. The molecule has 1 heterocycles. The Morgan fingerprint density at radius 3 is 2.81 bits per heavy atom. The molecule has 0 atom stereocenters. The van der Waals surface area contributed by atoms with Gasteiger partial charge in [0.05, 0.1) is 12.3 Å². The van der Waals surface area contributed by atoms with E-state index in [0.717, 1.165) is 5.56 Å². The summed E-state index contributed by atoms with van der Waals surface area (Å²) >= 11 is 5.56. The van der Waals surface area contributed by atoms with Crippen molar-refractivity contribution >= 4 is 27.3 Å². The zero-order valence-electron chi connectivity index (χ0n) is 11.6. The van der Waals surface area contributed by atoms with Crippen LogP contribution in [0.3, 0.4) is 0 Å². The van der Waals surface area contributed by atoms with Crippen LogP contribution in [0, 0.1) is 0 Å². The molecule has 5 nitrogen and oxygen atoms in total. The Labute approximate surface area is 130 Å². The summed E-state index contributed by atoms with van der Waals surface area (Å²) in [6.07, 6.45) is 4.83. The third kappa shape index (κ3) is 5.40. The summed E-state index contributed by atoms with van der Waals surface area (Å²) < 4.78 is 28.2. The van der Waals surface area contributed by atoms with E-state index in [2.05, 4.69) is 9.82 Å². The van der Waals surface area contributed by atoms with Crippen molar-refractivity contribution in [3.63, 3.8) is 0 Å². The molecule has 0 unspecified atom stereocenters. The first kappa shape index (κ1) is 15.9. The molecule has 0 radical (unpaired) electrons. The summed E-state index contributed by atoms with van der Waals surface area (Å²) in [7, 11) is -3.32. The second-order valence-electron chi connectivity index (χ2n) is 4.72. The number of anilines is 1. The number of halogens is 1. The number of rotatable bonds is 8. The van der Waals surface area contributed by atoms with Gasteiger partial charge in [-0.15, -0.1) is 11.6 Å². The molecule has 0 aliphatic carbocycles. The van der Waals surface area contributed by atoms with Crippen molar-refractivity contribution in [3.05, 3.63) is 48.3 Å². The maximum absolute atomic E-state index is 11.9. The van der Waals surface area contributed by atoms with Gasteiger partial charge >= 0.3 is 0 Å². The van der Waals surface area contributed by atoms with Crippen molar-refractivity contribution in [1.29, 1.82) is 0 Å². The fraction of sp³-hybridized carbons (Fsp3) is 0.357. The average molecular weight is 328 g/mol. The van der Waals surface area contributed by atoms with Crippen LogP contribution in [0.5, 0.6) is 0 Å². The van der Waals surface area contributed by atoms with E-state index < -0.39 is 10.0 Å². The van der Waals surface area contributed by atoms with Crippen LogP contribution in [0.1, 0.15) is 18.4 Å². The molecule has 0 amide bonds. The molecule has 21 heavy (non-hydrogen) atoms. The van der Waals surface area contributed by atoms with Crippen LogP contribution in [0.4, 0.5) is 5.69 Å². The monoisotopic (exact) mass is 327 g/mol. The number of alkyl halides is 1. The quantitative estimate of drug-likeness (QED) is 0.599. The highest BCUT2D eigenvalue weighted by Gasteiger charge is 2.10. The van der Waals surface area contributed by atoms with Gasteiger partial charge < -0.3 is 0 Å². The Bertz CT molecular complexity index is 657. The van der Waals surface area contributed by atoms with Gasteiger partial charge in [-0.1, -0.05) is 12.1 Å². The zero-order chi connectivity index (χ0) is 15.1. The van der Waals surface area contributed by atoms with Crippen LogP contribution in [-0.2, 0) is 16.6 Å². The topological polar surface area (TPSA) is 64.0 Å². The van der Waals surface area contributed by atoms with Gasteiger partial charge in [-0.25, -0.2) is 8.42 Å². The SMILES string of the molecule is O=S(=O)(CCCCCl)Nc1cccc(Cn2cccn2)c1. The van der Waals surface area contributed by atoms with Crippen LogP contribution in [0.2, 0.25) is 0 Å². The summed E-state index contributed by atoms with van der Waals surface area (Å²) in [6.45, 7) is 0.606. The lowest BCUT2D eigenvalue weighted by atomic mass is 10.2. The van der Waals surface area contributed by atoms with E-state index in [4.69, 9.17) is 11.6 Å². The lowest BCUT2D eigenvalue weighted by Gasteiger charge is -2.09. The average Bonchev–Trinajstić information content (AvgIpc) is 2.91. The van der Waals surface area contributed by atoms with Gasteiger partial charge in [-0.05, 0) is 36.6 Å². The maximum atomic E-state index is 11.9. The molecular weight excluding hydrogens is 310 g/mol. The molecule has 1 N–H and O–H groups in total. The second-order valence-corrected chi connectivity index (χ2v) is 6.94. The Morgan fingerprint density at radius 1 is 1.24 bits per heavy atom. The standard InChI is InChI=1S/C14H18ClN3O2S/c15-7-1-2-10-21(19,20)17-14-6-3-5-13(11-14)12-18-9-4-8-16-18/h3-6,8-9,11,17H,1-2,7,10,12H2. The van der Waals surface area contributed by atoms with Crippen LogP contribution < -0.4 is 4.72 Å². The largest absolute Gasteiger partial charge is 0.284 e. The maximum Gasteiger partial charge on any atom is 0.232 e. The van der Waals surface area contributed by atoms with Crippen LogP contribution >= 0.6 is 11.6 Å². The van der Waals surface area contributed by atoms with Gasteiger partial charge in [-0.3, -0.25) is 9.40 Å². The van der Waals surface area contributed by atoms with Crippen molar-refractivity contribution in [2.24, 2.45) is 0 Å². The Kier molecular flexibility index (Phi) is 5.64. The molecule has 0 aliphatic heterocycles. The summed E-state index contributed by atoms with van der Waals surface area (Å²) in [4.78, 5) is 0. The molecular formula is C14H18ClN3O2S. The first-order valence-electron chi connectivity index (χ1n) is 6.72. The first-order valence-corrected chi connectivity index (χ1v) is 8.90. The normalized spacial score (nSPS) is 11.5. The molecule has 2 rings (SSSR count). The van der Waals surface area contributed by atoms with Gasteiger partial charge in [0.25, 0.3) is 0 Å². The minimum absolute atomic E-state index is 0.0864. The second kappa shape index (κ2) is 7.47. The van der Waals surface area contributed by atoms with Crippen molar-refractivity contribution in [2.75, 3.05) is 16.4 Å². The van der Waals surface area contributed by atoms with E-state index in [-0.39, 0.29) is 5.75 Å². The predicted octanol–water partition coefficient (Wildman–Crippen LogP) is 2.69. The minimum atomic E-state index is -3.32. The molecule has 0 bridgehead atoms. The van der Waals surface area contributed by atoms with E-state index in [1.807, 2.05) is 30.5 Å². The Hall–Kier alpha value is -1.53. The Balaban J connectivity index is 2.00. The molecule has 0 spiro atoms. The minimum Gasteiger partial charge on any atom is -0.284 e. The van der Waals surface area contributed by atoms with Crippen LogP contribution in [-0.4, -0.2) is 29.8 Å². The third-order valence-electron chi connectivity index (χ3n) is 2.90. The molecule has 0 saturated heterocycles. The number of benzene rings is 1. The van der Waals surface area contributed by atoms with Crippen LogP contribution in [0.15, 0.2) is 42.7 Å². The fourth-order valence-corrected chi connectivity index (χ4v) is 3.29.